The average molecular weight is 665 g/mol. The Hall–Kier alpha value is -1.29. The second kappa shape index (κ2) is 14.9. The normalized spacial score (nSPS) is 52.8. The summed E-state index contributed by atoms with van der Waals surface area (Å²) in [6.07, 6.45) is -36.5. The summed E-state index contributed by atoms with van der Waals surface area (Å²) >= 11 is 0. The number of rotatable bonds is 9. The molecule has 20 atom stereocenters. The molecule has 21 heteroatoms. The minimum Gasteiger partial charge on any atom is -0.479 e. The number of carboxylic acids is 1. The molecule has 1 unspecified atom stereocenters. The van der Waals surface area contributed by atoms with Crippen molar-refractivity contribution in [2.75, 3.05) is 13.2 Å². The van der Waals surface area contributed by atoms with Gasteiger partial charge in [-0.15, -0.1) is 0 Å². The number of carboxylic acid groups (broad SMARTS) is 1. The first-order valence-electron chi connectivity index (χ1n) is 14.0. The van der Waals surface area contributed by atoms with Gasteiger partial charge in [-0.2, -0.15) is 0 Å². The highest BCUT2D eigenvalue weighted by atomic mass is 16.8. The molecule has 0 aromatic carbocycles. The third kappa shape index (κ3) is 7.41. The summed E-state index contributed by atoms with van der Waals surface area (Å²) in [6.45, 7) is -0.184. The number of aliphatic hydroxyl groups excluding tert-OH is 12. The summed E-state index contributed by atoms with van der Waals surface area (Å²) in [5.74, 6) is -1.77. The van der Waals surface area contributed by atoms with Crippen molar-refractivity contribution in [3.8, 4) is 0 Å². The standard InChI is InChI=1S/C24H40O21/c1-4-7(26)10(29)14(33)23(40-4)45-18-16(35)17(19(20(36)37)43-21(18)38)44-24-15(34)12(31)9(28)6(42-24)3-39-22-13(32)11(30)8(27)5(2-25)41-22/h4-19,21-35,38H,2-3H2,1H3,(H,36,37)/t4-,5+,6+,7-,8+,9-,10+,11-,12-,13+,14+,15+,16-,17-,18+,19-,21?,22+,23-,24-/m0/s1. The Bertz CT molecular complexity index is 973. The molecule has 262 valence electrons. The van der Waals surface area contributed by atoms with Crippen LogP contribution in [-0.4, -0.2) is 208 Å². The lowest BCUT2D eigenvalue weighted by Gasteiger charge is -2.47. The second-order valence-corrected chi connectivity index (χ2v) is 11.2. The van der Waals surface area contributed by atoms with Crippen LogP contribution in [0.2, 0.25) is 0 Å². The Morgan fingerprint density at radius 2 is 1.07 bits per heavy atom. The van der Waals surface area contributed by atoms with Gasteiger partial charge in [0.1, 0.15) is 85.5 Å². The van der Waals surface area contributed by atoms with Gasteiger partial charge in [-0.3, -0.25) is 0 Å². The van der Waals surface area contributed by atoms with Gasteiger partial charge in [0.25, 0.3) is 0 Å². The number of aliphatic hydroxyl groups is 12. The lowest BCUT2D eigenvalue weighted by Crippen LogP contribution is -2.67. The number of ether oxygens (including phenoxy) is 7. The average Bonchev–Trinajstić information content (AvgIpc) is 3.00. The van der Waals surface area contributed by atoms with Crippen molar-refractivity contribution in [3.63, 3.8) is 0 Å². The minimum absolute atomic E-state index is 0.743. The van der Waals surface area contributed by atoms with Crippen LogP contribution in [0.3, 0.4) is 0 Å². The van der Waals surface area contributed by atoms with E-state index >= 15 is 0 Å². The van der Waals surface area contributed by atoms with Gasteiger partial charge in [0.05, 0.1) is 19.3 Å². The van der Waals surface area contributed by atoms with Crippen molar-refractivity contribution >= 4 is 5.97 Å². The molecule has 0 saturated carbocycles. The van der Waals surface area contributed by atoms with E-state index < -0.39 is 142 Å². The molecule has 0 aliphatic carbocycles. The minimum atomic E-state index is -2.18. The molecule has 4 saturated heterocycles. The summed E-state index contributed by atoms with van der Waals surface area (Å²) in [5.41, 5.74) is 0. The Kier molecular flexibility index (Phi) is 12.1. The number of hydrogen-bond acceptors (Lipinski definition) is 20. The highest BCUT2D eigenvalue weighted by molar-refractivity contribution is 5.73. The molecule has 4 rings (SSSR count). The van der Waals surface area contributed by atoms with Gasteiger partial charge in [-0.25, -0.2) is 4.79 Å². The number of hydrogen-bond donors (Lipinski definition) is 13. The van der Waals surface area contributed by atoms with Crippen LogP contribution in [0.1, 0.15) is 6.92 Å². The summed E-state index contributed by atoms with van der Waals surface area (Å²) in [4.78, 5) is 11.9. The molecule has 0 radical (unpaired) electrons. The first-order valence-corrected chi connectivity index (χ1v) is 14.0. The maximum absolute atomic E-state index is 11.9. The van der Waals surface area contributed by atoms with Gasteiger partial charge < -0.3 is 99.5 Å². The first-order chi connectivity index (χ1) is 21.1. The fourth-order valence-electron chi connectivity index (χ4n) is 5.34. The van der Waals surface area contributed by atoms with E-state index in [1.807, 2.05) is 0 Å². The maximum Gasteiger partial charge on any atom is 0.335 e. The molecule has 0 spiro atoms. The molecule has 0 amide bonds. The van der Waals surface area contributed by atoms with E-state index in [4.69, 9.17) is 33.2 Å². The van der Waals surface area contributed by atoms with E-state index in [2.05, 4.69) is 0 Å². The van der Waals surface area contributed by atoms with Crippen molar-refractivity contribution in [1.82, 2.24) is 0 Å². The van der Waals surface area contributed by atoms with Gasteiger partial charge in [0, 0.05) is 0 Å². The maximum atomic E-state index is 11.9. The van der Waals surface area contributed by atoms with Crippen LogP contribution in [-0.2, 0) is 38.0 Å². The second-order valence-electron chi connectivity index (χ2n) is 11.2. The lowest BCUT2D eigenvalue weighted by molar-refractivity contribution is -0.379. The van der Waals surface area contributed by atoms with E-state index in [0.29, 0.717) is 0 Å². The fraction of sp³-hybridized carbons (Fsp3) is 0.958. The molecule has 0 aromatic heterocycles. The molecule has 21 nitrogen and oxygen atoms in total. The predicted molar refractivity (Wildman–Crippen MR) is 133 cm³/mol. The van der Waals surface area contributed by atoms with Crippen LogP contribution in [0.15, 0.2) is 0 Å². The molecule has 4 heterocycles. The Balaban J connectivity index is 1.47. The highest BCUT2D eigenvalue weighted by Crippen LogP contribution is 2.33. The molecule has 0 aromatic rings. The Morgan fingerprint density at radius 3 is 1.64 bits per heavy atom. The summed E-state index contributed by atoms with van der Waals surface area (Å²) in [6, 6.07) is 0. The number of aliphatic carboxylic acids is 1. The first kappa shape index (κ1) is 36.5. The Labute approximate surface area is 253 Å². The fourth-order valence-corrected chi connectivity index (χ4v) is 5.34. The van der Waals surface area contributed by atoms with Crippen molar-refractivity contribution in [3.05, 3.63) is 0 Å². The quantitative estimate of drug-likeness (QED) is 0.109. The van der Waals surface area contributed by atoms with Crippen molar-refractivity contribution in [2.45, 2.75) is 130 Å². The van der Waals surface area contributed by atoms with E-state index in [-0.39, 0.29) is 0 Å². The molecular weight excluding hydrogens is 624 g/mol. The van der Waals surface area contributed by atoms with Crippen LogP contribution in [0.25, 0.3) is 0 Å². The van der Waals surface area contributed by atoms with E-state index in [1.165, 1.54) is 6.92 Å². The molecule has 4 fully saturated rings. The van der Waals surface area contributed by atoms with Gasteiger partial charge in [-0.05, 0) is 6.92 Å². The van der Waals surface area contributed by atoms with Crippen molar-refractivity contribution in [1.29, 1.82) is 0 Å². The van der Waals surface area contributed by atoms with Gasteiger partial charge in [-0.1, -0.05) is 0 Å². The zero-order valence-corrected chi connectivity index (χ0v) is 23.5. The van der Waals surface area contributed by atoms with Crippen LogP contribution in [0.4, 0.5) is 0 Å². The SMILES string of the molecule is C[C@@H]1O[C@@H](O[C@H]2C(O)O[C@H](C(=O)O)[C@@H](O[C@@H]3O[C@H](CO[C@@H]4O[C@H](CO)[C@@H](O)[C@H](O)[C@H]4O)[C@H](O)[C@H](O)[C@H]3O)[C@@H]2O)[C@H](O)[C@H](O)[C@H]1O. The lowest BCUT2D eigenvalue weighted by atomic mass is 9.96. The van der Waals surface area contributed by atoms with E-state index in [9.17, 15) is 71.2 Å². The van der Waals surface area contributed by atoms with E-state index in [0.717, 1.165) is 0 Å². The zero-order chi connectivity index (χ0) is 33.5. The largest absolute Gasteiger partial charge is 0.479 e. The van der Waals surface area contributed by atoms with Gasteiger partial charge >= 0.3 is 5.97 Å². The van der Waals surface area contributed by atoms with Crippen LogP contribution in [0.5, 0.6) is 0 Å². The van der Waals surface area contributed by atoms with E-state index in [1.54, 1.807) is 0 Å². The third-order valence-corrected chi connectivity index (χ3v) is 8.11. The molecule has 0 bridgehead atoms. The zero-order valence-electron chi connectivity index (χ0n) is 23.5. The monoisotopic (exact) mass is 664 g/mol. The summed E-state index contributed by atoms with van der Waals surface area (Å²) in [7, 11) is 0. The van der Waals surface area contributed by atoms with Gasteiger partial charge in [0.15, 0.2) is 31.3 Å². The summed E-state index contributed by atoms with van der Waals surface area (Å²) < 4.78 is 37.2. The number of carbonyl (C=O) groups is 1. The van der Waals surface area contributed by atoms with Crippen molar-refractivity contribution < 1.29 is 104 Å². The molecule has 4 aliphatic rings. The Morgan fingerprint density at radius 1 is 0.578 bits per heavy atom. The molecule has 4 aliphatic heterocycles. The van der Waals surface area contributed by atoms with Gasteiger partial charge in [0.2, 0.25) is 0 Å². The predicted octanol–water partition coefficient (Wildman–Crippen LogP) is -8.63. The van der Waals surface area contributed by atoms with Crippen LogP contribution >= 0.6 is 0 Å². The molecule has 45 heavy (non-hydrogen) atoms. The molecule has 13 N–H and O–H groups in total. The van der Waals surface area contributed by atoms with Crippen LogP contribution < -0.4 is 0 Å². The summed E-state index contributed by atoms with van der Waals surface area (Å²) in [5, 5.41) is 132. The van der Waals surface area contributed by atoms with Crippen molar-refractivity contribution in [2.24, 2.45) is 0 Å². The topological polar surface area (TPSA) is 345 Å². The highest BCUT2D eigenvalue weighted by Gasteiger charge is 2.55. The third-order valence-electron chi connectivity index (χ3n) is 8.11. The smallest absolute Gasteiger partial charge is 0.335 e. The molecular formula is C24H40O21. The van der Waals surface area contributed by atoms with Crippen LogP contribution in [0, 0.1) is 0 Å².